The van der Waals surface area contributed by atoms with E-state index in [0.29, 0.717) is 5.56 Å². The first-order valence-electron chi connectivity index (χ1n) is 4.46. The van der Waals surface area contributed by atoms with Crippen molar-refractivity contribution in [2.24, 2.45) is 0 Å². The second-order valence-electron chi connectivity index (χ2n) is 3.35. The molecule has 0 aliphatic rings. The van der Waals surface area contributed by atoms with Gasteiger partial charge in [0.05, 0.1) is 12.0 Å². The minimum absolute atomic E-state index is 0.0312. The molecule has 0 aliphatic heterocycles. The van der Waals surface area contributed by atoms with Gasteiger partial charge >= 0.3 is 5.97 Å². The van der Waals surface area contributed by atoms with Crippen LogP contribution in [0.2, 0.25) is 0 Å². The molecule has 0 heterocycles. The standard InChI is InChI=1S/C11H10FNO2/c1-7(4-11(14)15)8-2-3-10(12)9(5-8)6-13/h2-3,5,7H,4H2,1H3,(H,14,15). The van der Waals surface area contributed by atoms with Gasteiger partial charge in [0.15, 0.2) is 0 Å². The Morgan fingerprint density at radius 3 is 2.87 bits per heavy atom. The summed E-state index contributed by atoms with van der Waals surface area (Å²) in [7, 11) is 0. The molecule has 0 spiro atoms. The Morgan fingerprint density at radius 1 is 1.67 bits per heavy atom. The quantitative estimate of drug-likeness (QED) is 0.827. The monoisotopic (exact) mass is 207 g/mol. The Bertz CT molecular complexity index is 423. The molecule has 0 saturated heterocycles. The van der Waals surface area contributed by atoms with Crippen LogP contribution < -0.4 is 0 Å². The van der Waals surface area contributed by atoms with Gasteiger partial charge in [-0.15, -0.1) is 0 Å². The molecule has 0 aliphatic carbocycles. The Labute approximate surface area is 86.8 Å². The van der Waals surface area contributed by atoms with Crippen molar-refractivity contribution in [2.75, 3.05) is 0 Å². The lowest BCUT2D eigenvalue weighted by atomic mass is 9.96. The van der Waals surface area contributed by atoms with Crippen LogP contribution in [-0.2, 0) is 4.79 Å². The van der Waals surface area contributed by atoms with Crippen molar-refractivity contribution >= 4 is 5.97 Å². The van der Waals surface area contributed by atoms with Crippen molar-refractivity contribution in [1.29, 1.82) is 5.26 Å². The number of rotatable bonds is 3. The van der Waals surface area contributed by atoms with Gasteiger partial charge in [0.25, 0.3) is 0 Å². The van der Waals surface area contributed by atoms with E-state index in [1.807, 2.05) is 0 Å². The van der Waals surface area contributed by atoms with Crippen LogP contribution in [0.3, 0.4) is 0 Å². The maximum absolute atomic E-state index is 13.0. The van der Waals surface area contributed by atoms with E-state index in [0.717, 1.165) is 0 Å². The van der Waals surface area contributed by atoms with Gasteiger partial charge in [0.2, 0.25) is 0 Å². The summed E-state index contributed by atoms with van der Waals surface area (Å²) in [5, 5.41) is 17.2. The fraction of sp³-hybridized carbons (Fsp3) is 0.273. The van der Waals surface area contributed by atoms with E-state index >= 15 is 0 Å². The van der Waals surface area contributed by atoms with Crippen molar-refractivity contribution in [2.45, 2.75) is 19.3 Å². The third-order valence-electron chi connectivity index (χ3n) is 2.16. The molecule has 1 unspecified atom stereocenters. The van der Waals surface area contributed by atoms with E-state index in [1.54, 1.807) is 13.0 Å². The molecule has 4 heteroatoms. The van der Waals surface area contributed by atoms with E-state index in [-0.39, 0.29) is 17.9 Å². The molecule has 1 atom stereocenters. The lowest BCUT2D eigenvalue weighted by Gasteiger charge is -2.09. The fourth-order valence-electron chi connectivity index (χ4n) is 1.31. The maximum Gasteiger partial charge on any atom is 0.303 e. The summed E-state index contributed by atoms with van der Waals surface area (Å²) in [5.74, 6) is -1.72. The summed E-state index contributed by atoms with van der Waals surface area (Å²) in [6.07, 6.45) is -0.0312. The van der Waals surface area contributed by atoms with E-state index < -0.39 is 11.8 Å². The van der Waals surface area contributed by atoms with Gasteiger partial charge in [-0.2, -0.15) is 5.26 Å². The summed E-state index contributed by atoms with van der Waals surface area (Å²) < 4.78 is 13.0. The van der Waals surface area contributed by atoms with Gasteiger partial charge < -0.3 is 5.11 Å². The van der Waals surface area contributed by atoms with Crippen LogP contribution in [0, 0.1) is 17.1 Å². The molecule has 0 aromatic heterocycles. The molecule has 0 fully saturated rings. The highest BCUT2D eigenvalue weighted by atomic mass is 19.1. The van der Waals surface area contributed by atoms with Gasteiger partial charge in [0, 0.05) is 0 Å². The van der Waals surface area contributed by atoms with Crippen LogP contribution in [0.4, 0.5) is 4.39 Å². The van der Waals surface area contributed by atoms with E-state index in [2.05, 4.69) is 0 Å². The number of hydrogen-bond acceptors (Lipinski definition) is 2. The predicted octanol–water partition coefficient (Wildman–Crippen LogP) is 2.28. The van der Waals surface area contributed by atoms with Crippen molar-refractivity contribution in [1.82, 2.24) is 0 Å². The van der Waals surface area contributed by atoms with E-state index in [1.165, 1.54) is 18.2 Å². The third-order valence-corrected chi connectivity index (χ3v) is 2.16. The largest absolute Gasteiger partial charge is 0.481 e. The smallest absolute Gasteiger partial charge is 0.303 e. The zero-order valence-corrected chi connectivity index (χ0v) is 8.20. The van der Waals surface area contributed by atoms with Crippen molar-refractivity contribution in [3.8, 4) is 6.07 Å². The van der Waals surface area contributed by atoms with E-state index in [4.69, 9.17) is 10.4 Å². The number of carboxylic acids is 1. The average molecular weight is 207 g/mol. The first kappa shape index (κ1) is 11.2. The summed E-state index contributed by atoms with van der Waals surface area (Å²) in [4.78, 5) is 10.5. The predicted molar refractivity (Wildman–Crippen MR) is 51.8 cm³/mol. The van der Waals surface area contributed by atoms with Crippen molar-refractivity contribution in [3.63, 3.8) is 0 Å². The van der Waals surface area contributed by atoms with Crippen molar-refractivity contribution < 1.29 is 14.3 Å². The molecule has 0 amide bonds. The number of carboxylic acid groups (broad SMARTS) is 1. The minimum Gasteiger partial charge on any atom is -0.481 e. The lowest BCUT2D eigenvalue weighted by molar-refractivity contribution is -0.137. The summed E-state index contributed by atoms with van der Waals surface area (Å²) in [6.45, 7) is 1.72. The Kier molecular flexibility index (Phi) is 3.40. The number of halogens is 1. The summed E-state index contributed by atoms with van der Waals surface area (Å²) in [6, 6.07) is 5.80. The van der Waals surface area contributed by atoms with Gasteiger partial charge in [-0.3, -0.25) is 4.79 Å². The highest BCUT2D eigenvalue weighted by Crippen LogP contribution is 2.21. The van der Waals surface area contributed by atoms with Crippen LogP contribution >= 0.6 is 0 Å². The Hall–Kier alpha value is -1.89. The molecule has 15 heavy (non-hydrogen) atoms. The third kappa shape index (κ3) is 2.78. The minimum atomic E-state index is -0.912. The molecule has 0 saturated carbocycles. The molecule has 0 radical (unpaired) electrons. The van der Waals surface area contributed by atoms with Gasteiger partial charge in [-0.25, -0.2) is 4.39 Å². The van der Waals surface area contributed by atoms with Crippen molar-refractivity contribution in [3.05, 3.63) is 35.1 Å². The number of aliphatic carboxylic acids is 1. The normalized spacial score (nSPS) is 11.8. The SMILES string of the molecule is CC(CC(=O)O)c1ccc(F)c(C#N)c1. The molecular formula is C11H10FNO2. The molecule has 1 N–H and O–H groups in total. The van der Waals surface area contributed by atoms with Gasteiger partial charge in [-0.1, -0.05) is 13.0 Å². The summed E-state index contributed by atoms with van der Waals surface area (Å²) >= 11 is 0. The second-order valence-corrected chi connectivity index (χ2v) is 3.35. The van der Waals surface area contributed by atoms with Gasteiger partial charge in [-0.05, 0) is 23.6 Å². The first-order valence-corrected chi connectivity index (χ1v) is 4.46. The number of nitrogens with zero attached hydrogens (tertiary/aromatic N) is 1. The Morgan fingerprint density at radius 2 is 2.33 bits per heavy atom. The topological polar surface area (TPSA) is 61.1 Å². The summed E-state index contributed by atoms with van der Waals surface area (Å²) in [5.41, 5.74) is 0.611. The zero-order valence-electron chi connectivity index (χ0n) is 8.20. The number of carbonyl (C=O) groups is 1. The molecule has 1 rings (SSSR count). The van der Waals surface area contributed by atoms with E-state index in [9.17, 15) is 9.18 Å². The molecular weight excluding hydrogens is 197 g/mol. The van der Waals surface area contributed by atoms with Gasteiger partial charge in [0.1, 0.15) is 11.9 Å². The zero-order chi connectivity index (χ0) is 11.4. The highest BCUT2D eigenvalue weighted by Gasteiger charge is 2.12. The first-order chi connectivity index (χ1) is 7.04. The lowest BCUT2D eigenvalue weighted by Crippen LogP contribution is -2.03. The van der Waals surface area contributed by atoms with Crippen LogP contribution in [0.25, 0.3) is 0 Å². The Balaban J connectivity index is 2.96. The molecule has 0 bridgehead atoms. The van der Waals surface area contributed by atoms with Crippen LogP contribution in [0.15, 0.2) is 18.2 Å². The second kappa shape index (κ2) is 4.56. The molecule has 1 aromatic rings. The number of hydrogen-bond donors (Lipinski definition) is 1. The maximum atomic E-state index is 13.0. The molecule has 78 valence electrons. The number of nitriles is 1. The fourth-order valence-corrected chi connectivity index (χ4v) is 1.31. The average Bonchev–Trinajstić information content (AvgIpc) is 2.17. The molecule has 1 aromatic carbocycles. The number of benzene rings is 1. The van der Waals surface area contributed by atoms with Crippen LogP contribution in [0.1, 0.15) is 30.4 Å². The highest BCUT2D eigenvalue weighted by molar-refractivity contribution is 5.68. The van der Waals surface area contributed by atoms with Crippen LogP contribution in [0.5, 0.6) is 0 Å². The molecule has 3 nitrogen and oxygen atoms in total. The van der Waals surface area contributed by atoms with Crippen LogP contribution in [-0.4, -0.2) is 11.1 Å².